The number of benzene rings is 2. The summed E-state index contributed by atoms with van der Waals surface area (Å²) in [6.45, 7) is 8.27. The van der Waals surface area contributed by atoms with Gasteiger partial charge in [-0.2, -0.15) is 0 Å². The van der Waals surface area contributed by atoms with Crippen LogP contribution in [0, 0.1) is 6.92 Å². The van der Waals surface area contributed by atoms with Crippen molar-refractivity contribution in [3.8, 4) is 0 Å². The van der Waals surface area contributed by atoms with Crippen LogP contribution in [0.3, 0.4) is 0 Å². The van der Waals surface area contributed by atoms with Crippen LogP contribution in [-0.4, -0.2) is 0 Å². The summed E-state index contributed by atoms with van der Waals surface area (Å²) < 4.78 is 0. The second-order valence-electron chi connectivity index (χ2n) is 4.00. The first-order chi connectivity index (χ1) is 7.74. The van der Waals surface area contributed by atoms with Crippen molar-refractivity contribution in [3.63, 3.8) is 0 Å². The van der Waals surface area contributed by atoms with Gasteiger partial charge in [0.15, 0.2) is 0 Å². The van der Waals surface area contributed by atoms with Gasteiger partial charge in [-0.05, 0) is 41.3 Å². The molecule has 2 rings (SSSR count). The maximum Gasteiger partial charge on any atom is -0.0103 e. The van der Waals surface area contributed by atoms with E-state index >= 15 is 0 Å². The zero-order chi connectivity index (χ0) is 11.5. The SMILES string of the molecule is C=C(/C=C\C)c1ccc(C)c2ccccc12. The third-order valence-corrected chi connectivity index (χ3v) is 2.86. The van der Waals surface area contributed by atoms with Crippen LogP contribution in [0.15, 0.2) is 55.1 Å². The van der Waals surface area contributed by atoms with E-state index in [1.165, 1.54) is 21.9 Å². The molecule has 0 aliphatic heterocycles. The summed E-state index contributed by atoms with van der Waals surface area (Å²) >= 11 is 0. The molecule has 0 saturated heterocycles. The van der Waals surface area contributed by atoms with E-state index in [9.17, 15) is 0 Å². The molecule has 0 spiro atoms. The molecule has 0 unspecified atom stereocenters. The Balaban J connectivity index is 2.72. The molecular weight excluding hydrogens is 192 g/mol. The molecule has 0 amide bonds. The molecule has 0 nitrogen and oxygen atoms in total. The summed E-state index contributed by atoms with van der Waals surface area (Å²) in [4.78, 5) is 0. The largest absolute Gasteiger partial charge is 0.0911 e. The monoisotopic (exact) mass is 208 g/mol. The van der Waals surface area contributed by atoms with E-state index < -0.39 is 0 Å². The maximum atomic E-state index is 4.11. The maximum absolute atomic E-state index is 4.11. The van der Waals surface area contributed by atoms with Gasteiger partial charge in [0.25, 0.3) is 0 Å². The lowest BCUT2D eigenvalue weighted by Gasteiger charge is -2.08. The Bertz CT molecular complexity index is 559. The smallest absolute Gasteiger partial charge is 0.0103 e. The first kappa shape index (κ1) is 10.7. The molecule has 0 radical (unpaired) electrons. The minimum absolute atomic E-state index is 1.07. The molecule has 0 heteroatoms. The number of hydrogen-bond acceptors (Lipinski definition) is 0. The van der Waals surface area contributed by atoms with Crippen molar-refractivity contribution in [1.82, 2.24) is 0 Å². The Kier molecular flexibility index (Phi) is 2.91. The Labute approximate surface area is 96.9 Å². The van der Waals surface area contributed by atoms with E-state index in [2.05, 4.69) is 56.0 Å². The fraction of sp³-hybridized carbons (Fsp3) is 0.125. The summed E-state index contributed by atoms with van der Waals surface area (Å²) in [5.41, 5.74) is 3.60. The number of rotatable bonds is 2. The number of fused-ring (bicyclic) bond motifs is 1. The fourth-order valence-electron chi connectivity index (χ4n) is 2.02. The lowest BCUT2D eigenvalue weighted by molar-refractivity contribution is 1.51. The summed E-state index contributed by atoms with van der Waals surface area (Å²) in [5, 5.41) is 2.59. The molecule has 0 heterocycles. The Morgan fingerprint density at radius 3 is 2.44 bits per heavy atom. The topological polar surface area (TPSA) is 0 Å². The molecule has 0 saturated carbocycles. The Morgan fingerprint density at radius 1 is 1.06 bits per heavy atom. The summed E-state index contributed by atoms with van der Waals surface area (Å²) in [6, 6.07) is 12.8. The normalized spacial score (nSPS) is 11.1. The van der Waals surface area contributed by atoms with Gasteiger partial charge in [0.05, 0.1) is 0 Å². The second-order valence-corrected chi connectivity index (χ2v) is 4.00. The molecule has 2 aromatic carbocycles. The van der Waals surface area contributed by atoms with E-state index in [0.717, 1.165) is 5.57 Å². The van der Waals surface area contributed by atoms with E-state index in [-0.39, 0.29) is 0 Å². The number of allylic oxidation sites excluding steroid dienone is 3. The summed E-state index contributed by atoms with van der Waals surface area (Å²) in [7, 11) is 0. The predicted molar refractivity (Wildman–Crippen MR) is 72.5 cm³/mol. The van der Waals surface area contributed by atoms with E-state index in [4.69, 9.17) is 0 Å². The van der Waals surface area contributed by atoms with Crippen molar-refractivity contribution in [3.05, 3.63) is 66.3 Å². The van der Waals surface area contributed by atoms with Crippen LogP contribution < -0.4 is 0 Å². The minimum atomic E-state index is 1.07. The van der Waals surface area contributed by atoms with Gasteiger partial charge in [0, 0.05) is 0 Å². The number of hydrogen-bond donors (Lipinski definition) is 0. The van der Waals surface area contributed by atoms with E-state index in [0.29, 0.717) is 0 Å². The highest BCUT2D eigenvalue weighted by Gasteiger charge is 2.03. The zero-order valence-electron chi connectivity index (χ0n) is 9.83. The average Bonchev–Trinajstić information content (AvgIpc) is 2.30. The van der Waals surface area contributed by atoms with Crippen LogP contribution in [0.1, 0.15) is 18.1 Å². The molecule has 0 fully saturated rings. The second kappa shape index (κ2) is 4.36. The number of aryl methyl sites for hydroxylation is 1. The van der Waals surface area contributed by atoms with Crippen molar-refractivity contribution < 1.29 is 0 Å². The van der Waals surface area contributed by atoms with Crippen LogP contribution in [0.5, 0.6) is 0 Å². The van der Waals surface area contributed by atoms with Gasteiger partial charge >= 0.3 is 0 Å². The van der Waals surface area contributed by atoms with Crippen LogP contribution in [0.25, 0.3) is 16.3 Å². The van der Waals surface area contributed by atoms with Crippen molar-refractivity contribution in [2.75, 3.05) is 0 Å². The molecule has 0 aliphatic rings. The summed E-state index contributed by atoms with van der Waals surface area (Å²) in [6.07, 6.45) is 4.08. The van der Waals surface area contributed by atoms with Gasteiger partial charge in [0.2, 0.25) is 0 Å². The fourth-order valence-corrected chi connectivity index (χ4v) is 2.02. The van der Waals surface area contributed by atoms with E-state index in [1.807, 2.05) is 13.0 Å². The molecule has 0 N–H and O–H groups in total. The van der Waals surface area contributed by atoms with Gasteiger partial charge in [-0.1, -0.05) is 55.1 Å². The standard InChI is InChI=1S/C16H16/c1-4-7-12(2)15-11-10-13(3)14-8-5-6-9-16(14)15/h4-11H,2H2,1,3H3/b7-4-. The van der Waals surface area contributed by atoms with Gasteiger partial charge < -0.3 is 0 Å². The van der Waals surface area contributed by atoms with Crippen molar-refractivity contribution in [1.29, 1.82) is 0 Å². The molecule has 0 aliphatic carbocycles. The van der Waals surface area contributed by atoms with Crippen molar-refractivity contribution >= 4 is 16.3 Å². The van der Waals surface area contributed by atoms with Gasteiger partial charge in [-0.25, -0.2) is 0 Å². The van der Waals surface area contributed by atoms with Crippen molar-refractivity contribution in [2.45, 2.75) is 13.8 Å². The van der Waals surface area contributed by atoms with Crippen molar-refractivity contribution in [2.24, 2.45) is 0 Å². The Morgan fingerprint density at radius 2 is 1.75 bits per heavy atom. The predicted octanol–water partition coefficient (Wildman–Crippen LogP) is 4.74. The van der Waals surface area contributed by atoms with Crippen LogP contribution in [0.4, 0.5) is 0 Å². The third-order valence-electron chi connectivity index (χ3n) is 2.86. The Hall–Kier alpha value is -1.82. The minimum Gasteiger partial charge on any atom is -0.0911 e. The van der Waals surface area contributed by atoms with Gasteiger partial charge in [-0.3, -0.25) is 0 Å². The highest BCUT2D eigenvalue weighted by atomic mass is 14.1. The molecule has 0 atom stereocenters. The molecular formula is C16H16. The first-order valence-corrected chi connectivity index (χ1v) is 5.54. The summed E-state index contributed by atoms with van der Waals surface area (Å²) in [5.74, 6) is 0. The highest BCUT2D eigenvalue weighted by molar-refractivity contribution is 5.97. The molecule has 2 aromatic rings. The van der Waals surface area contributed by atoms with Gasteiger partial charge in [0.1, 0.15) is 0 Å². The highest BCUT2D eigenvalue weighted by Crippen LogP contribution is 2.27. The molecule has 0 bridgehead atoms. The quantitative estimate of drug-likeness (QED) is 0.625. The first-order valence-electron chi connectivity index (χ1n) is 5.54. The molecule has 0 aromatic heterocycles. The average molecular weight is 208 g/mol. The molecule has 16 heavy (non-hydrogen) atoms. The molecule has 80 valence electrons. The lowest BCUT2D eigenvalue weighted by atomic mass is 9.96. The van der Waals surface area contributed by atoms with Crippen LogP contribution >= 0.6 is 0 Å². The van der Waals surface area contributed by atoms with Gasteiger partial charge in [-0.15, -0.1) is 0 Å². The third kappa shape index (κ3) is 1.79. The van der Waals surface area contributed by atoms with Crippen LogP contribution in [-0.2, 0) is 0 Å². The van der Waals surface area contributed by atoms with Crippen LogP contribution in [0.2, 0.25) is 0 Å². The zero-order valence-corrected chi connectivity index (χ0v) is 9.83. The lowest BCUT2D eigenvalue weighted by Crippen LogP contribution is -1.85. The van der Waals surface area contributed by atoms with E-state index in [1.54, 1.807) is 0 Å².